The maximum Gasteiger partial charge on any atom is 0.198 e. The number of nitrogens with one attached hydrogen (secondary N) is 2. The number of hydrogen-bond donors (Lipinski definition) is 4. The Hall–Kier alpha value is -5.03. The Bertz CT molecular complexity index is 2900. The third-order valence-electron chi connectivity index (χ3n) is 12.4. The quantitative estimate of drug-likeness (QED) is 0.0968. The van der Waals surface area contributed by atoms with Gasteiger partial charge in [-0.1, -0.05) is 66.0 Å². The number of carbonyl (C=O) groups excluding carboxylic acids is 3. The Morgan fingerprint density at radius 2 is 1.27 bits per heavy atom. The second-order valence-corrected chi connectivity index (χ2v) is 21.0. The van der Waals surface area contributed by atoms with E-state index >= 15 is 0 Å². The van der Waals surface area contributed by atoms with Gasteiger partial charge in [-0.2, -0.15) is 0 Å². The summed E-state index contributed by atoms with van der Waals surface area (Å²) in [5, 5.41) is 19.9. The van der Waals surface area contributed by atoms with E-state index in [0.717, 1.165) is 121 Å². The molecule has 0 spiro atoms. The van der Waals surface area contributed by atoms with E-state index in [1.807, 2.05) is 66.7 Å². The second-order valence-electron chi connectivity index (χ2n) is 16.7. The van der Waals surface area contributed by atoms with Crippen LogP contribution in [0.2, 0.25) is 0 Å². The van der Waals surface area contributed by atoms with Crippen LogP contribution in [0.15, 0.2) is 89.2 Å². The molecular formula is C48H45N7O4S4. The molecular weight excluding hydrogens is 867 g/mol. The fourth-order valence-corrected chi connectivity index (χ4v) is 13.6. The first kappa shape index (κ1) is 42.0. The molecule has 3 aromatic carbocycles. The number of aryl methyl sites for hydroxylation is 2. The van der Waals surface area contributed by atoms with E-state index < -0.39 is 6.10 Å². The average Bonchev–Trinajstić information content (AvgIpc) is 4.07. The third kappa shape index (κ3) is 9.04. The molecule has 3 atom stereocenters. The molecule has 0 amide bonds. The minimum absolute atomic E-state index is 0.0717. The molecule has 2 aliphatic carbocycles. The van der Waals surface area contributed by atoms with E-state index in [4.69, 9.17) is 5.73 Å². The van der Waals surface area contributed by atoms with Gasteiger partial charge in [-0.15, -0.1) is 22.7 Å². The van der Waals surface area contributed by atoms with Crippen LogP contribution in [-0.4, -0.2) is 53.7 Å². The number of aliphatic hydroxyl groups excluding tert-OH is 1. The lowest BCUT2D eigenvalue weighted by Gasteiger charge is -2.22. The number of ketones is 1. The molecule has 0 fully saturated rings. The highest BCUT2D eigenvalue weighted by atomic mass is 32.2. The van der Waals surface area contributed by atoms with Gasteiger partial charge in [0.1, 0.15) is 40.1 Å². The number of carbonyl (C=O) groups is 3. The number of thiophene rings is 2. The van der Waals surface area contributed by atoms with E-state index in [0.29, 0.717) is 37.5 Å². The van der Waals surface area contributed by atoms with Crippen LogP contribution >= 0.6 is 46.2 Å². The van der Waals surface area contributed by atoms with Gasteiger partial charge in [0.2, 0.25) is 0 Å². The molecule has 320 valence electrons. The van der Waals surface area contributed by atoms with Crippen LogP contribution in [0.1, 0.15) is 63.3 Å². The van der Waals surface area contributed by atoms with Crippen molar-refractivity contribution in [3.05, 3.63) is 117 Å². The summed E-state index contributed by atoms with van der Waals surface area (Å²) >= 11 is 6.11. The van der Waals surface area contributed by atoms with Crippen LogP contribution in [0.25, 0.3) is 20.4 Å². The summed E-state index contributed by atoms with van der Waals surface area (Å²) in [6.45, 7) is 0.746. The molecule has 0 saturated heterocycles. The predicted molar refractivity (Wildman–Crippen MR) is 254 cm³/mol. The number of thioether (sulfide) groups is 2. The fraction of sp³-hybridized carbons (Fsp3) is 0.312. The molecule has 4 aromatic heterocycles. The molecule has 6 heterocycles. The number of benzene rings is 3. The van der Waals surface area contributed by atoms with Gasteiger partial charge in [0.05, 0.1) is 10.8 Å². The number of fused-ring (bicyclic) bond motifs is 8. The summed E-state index contributed by atoms with van der Waals surface area (Å²) in [4.78, 5) is 60.9. The van der Waals surface area contributed by atoms with Gasteiger partial charge in [-0.25, -0.2) is 19.9 Å². The van der Waals surface area contributed by atoms with Crippen molar-refractivity contribution >= 4 is 106 Å². The monoisotopic (exact) mass is 911 g/mol. The van der Waals surface area contributed by atoms with Gasteiger partial charge in [-0.3, -0.25) is 14.4 Å². The normalized spacial score (nSPS) is 18.0. The summed E-state index contributed by atoms with van der Waals surface area (Å²) in [5.41, 5.74) is 13.6. The lowest BCUT2D eigenvalue weighted by Crippen LogP contribution is -2.24. The van der Waals surface area contributed by atoms with Gasteiger partial charge in [0, 0.05) is 56.6 Å². The SMILES string of the molecule is NCC1CCc2c(sc3ncnc(Nc4ccc5c(c4)SC(=O)C5)c23)C1.O=C1Cc2ccc(Nc3ncnc4sc5c(c34)CCC(CCC(=O)[C@@H](O)Cc3ccccc3)C5)cc2S1. The minimum atomic E-state index is -0.939. The zero-order valence-electron chi connectivity index (χ0n) is 34.4. The number of aromatic nitrogens is 4. The van der Waals surface area contributed by atoms with Crippen molar-refractivity contribution in [1.82, 2.24) is 19.9 Å². The molecule has 63 heavy (non-hydrogen) atoms. The molecule has 4 aliphatic rings. The van der Waals surface area contributed by atoms with Gasteiger partial charge in [0.15, 0.2) is 16.0 Å². The molecule has 11 rings (SSSR count). The number of nitrogens with zero attached hydrogens (tertiary/aromatic N) is 4. The summed E-state index contributed by atoms with van der Waals surface area (Å²) in [6, 6.07) is 21.8. The Balaban J connectivity index is 0.000000159. The number of anilines is 4. The molecule has 0 radical (unpaired) electrons. The van der Waals surface area contributed by atoms with Crippen LogP contribution in [-0.2, 0) is 59.3 Å². The first-order valence-electron chi connectivity index (χ1n) is 21.4. The van der Waals surface area contributed by atoms with Gasteiger partial charge < -0.3 is 21.5 Å². The number of aliphatic hydroxyl groups is 1. The Kier molecular flexibility index (Phi) is 12.1. The highest BCUT2D eigenvalue weighted by Crippen LogP contribution is 2.44. The Labute approximate surface area is 381 Å². The first-order chi connectivity index (χ1) is 30.7. The van der Waals surface area contributed by atoms with Crippen molar-refractivity contribution in [1.29, 1.82) is 0 Å². The van der Waals surface area contributed by atoms with Crippen LogP contribution < -0.4 is 16.4 Å². The van der Waals surface area contributed by atoms with Crippen molar-refractivity contribution in [2.45, 2.75) is 86.5 Å². The third-order valence-corrected chi connectivity index (χ3v) is 16.7. The summed E-state index contributed by atoms with van der Waals surface area (Å²) in [7, 11) is 0. The van der Waals surface area contributed by atoms with Crippen LogP contribution in [0.3, 0.4) is 0 Å². The first-order valence-corrected chi connectivity index (χ1v) is 24.7. The highest BCUT2D eigenvalue weighted by molar-refractivity contribution is 8.14. The standard InChI is InChI=1S/C29H27N3O3S2.C19H18N4OS2/c33-22(23(34)12-17-4-2-1-3-5-17)11-7-18-6-10-21-25(13-18)37-29-27(21)28(30-16-31-29)32-20-9-8-19-14-26(35)36-24(19)15-20;20-8-10-1-4-13-15(5-10)26-19-17(13)18(21-9-22-19)23-12-3-2-11-6-16(24)25-14(11)7-12/h1-5,8-9,15-16,18,23,34H,6-7,10-14H2,(H,30,31,32);2-3,7,9-10H,1,4-6,8,20H2,(H,21,22,23)/t18?,23-;/m0./s1. The van der Waals surface area contributed by atoms with E-state index in [9.17, 15) is 19.5 Å². The second kappa shape index (κ2) is 18.2. The average molecular weight is 912 g/mol. The van der Waals surface area contributed by atoms with Crippen LogP contribution in [0, 0.1) is 11.8 Å². The fourth-order valence-electron chi connectivity index (χ4n) is 9.11. The molecule has 15 heteroatoms. The van der Waals surface area contributed by atoms with E-state index in [1.165, 1.54) is 44.4 Å². The van der Waals surface area contributed by atoms with Gasteiger partial charge in [-0.05, 0) is 115 Å². The van der Waals surface area contributed by atoms with Gasteiger partial charge in [0.25, 0.3) is 0 Å². The van der Waals surface area contributed by atoms with Crippen molar-refractivity contribution in [3.63, 3.8) is 0 Å². The molecule has 2 unspecified atom stereocenters. The minimum Gasteiger partial charge on any atom is -0.385 e. The van der Waals surface area contributed by atoms with Crippen LogP contribution in [0.5, 0.6) is 0 Å². The Morgan fingerprint density at radius 3 is 1.83 bits per heavy atom. The zero-order valence-corrected chi connectivity index (χ0v) is 37.7. The summed E-state index contributed by atoms with van der Waals surface area (Å²) < 4.78 is 0. The lowest BCUT2D eigenvalue weighted by atomic mass is 9.84. The molecule has 7 aromatic rings. The maximum atomic E-state index is 12.6. The zero-order chi connectivity index (χ0) is 43.0. The van der Waals surface area contributed by atoms with E-state index in [2.05, 4.69) is 30.6 Å². The van der Waals surface area contributed by atoms with Gasteiger partial charge >= 0.3 is 0 Å². The molecule has 5 N–H and O–H groups in total. The Morgan fingerprint density at radius 1 is 0.730 bits per heavy atom. The predicted octanol–water partition coefficient (Wildman–Crippen LogP) is 9.34. The van der Waals surface area contributed by atoms with Crippen molar-refractivity contribution in [2.75, 3.05) is 17.2 Å². The summed E-state index contributed by atoms with van der Waals surface area (Å²) in [6.07, 6.45) is 10.9. The number of hydrogen-bond acceptors (Lipinski definition) is 15. The van der Waals surface area contributed by atoms with E-state index in [1.54, 1.807) is 35.3 Å². The van der Waals surface area contributed by atoms with E-state index in [-0.39, 0.29) is 16.0 Å². The molecule has 2 aliphatic heterocycles. The lowest BCUT2D eigenvalue weighted by molar-refractivity contribution is -0.127. The van der Waals surface area contributed by atoms with Crippen molar-refractivity contribution in [2.24, 2.45) is 17.6 Å². The largest absolute Gasteiger partial charge is 0.385 e. The van der Waals surface area contributed by atoms with Crippen molar-refractivity contribution < 1.29 is 19.5 Å². The molecule has 0 saturated carbocycles. The number of rotatable bonds is 11. The maximum absolute atomic E-state index is 12.6. The summed E-state index contributed by atoms with van der Waals surface area (Å²) in [5.74, 6) is 2.58. The number of Topliss-reactive ketones (excluding diaryl/α,β-unsaturated/α-hetero) is 1. The van der Waals surface area contributed by atoms with Crippen molar-refractivity contribution in [3.8, 4) is 0 Å². The molecule has 0 bridgehead atoms. The number of nitrogens with two attached hydrogens (primary N) is 1. The topological polar surface area (TPSA) is 173 Å². The van der Waals surface area contributed by atoms with Crippen LogP contribution in [0.4, 0.5) is 23.0 Å². The highest BCUT2D eigenvalue weighted by Gasteiger charge is 2.28. The molecule has 11 nitrogen and oxygen atoms in total. The smallest absolute Gasteiger partial charge is 0.198 e.